The number of nitrogens with two attached hydrogens (primary N) is 2. The summed E-state index contributed by atoms with van der Waals surface area (Å²) in [7, 11) is 0. The van der Waals surface area contributed by atoms with E-state index < -0.39 is 48.7 Å². The number of aromatic nitrogens is 1. The summed E-state index contributed by atoms with van der Waals surface area (Å²) in [6.45, 7) is 0.751. The number of primary amides is 1. The Morgan fingerprint density at radius 3 is 2.50 bits per heavy atom. The van der Waals surface area contributed by atoms with Gasteiger partial charge in [0.2, 0.25) is 5.91 Å². The van der Waals surface area contributed by atoms with E-state index in [9.17, 15) is 19.5 Å². The second-order valence-corrected chi connectivity index (χ2v) is 6.71. The molecule has 11 nitrogen and oxygen atoms in total. The molecule has 0 saturated heterocycles. The van der Waals surface area contributed by atoms with Crippen molar-refractivity contribution in [3.63, 3.8) is 0 Å². The summed E-state index contributed by atoms with van der Waals surface area (Å²) in [6.07, 6.45) is 0.757. The molecule has 1 rings (SSSR count). The molecule has 0 aliphatic carbocycles. The molecule has 0 spiro atoms. The molecule has 0 radical (unpaired) electrons. The normalized spacial score (nSPS) is 15.5. The van der Waals surface area contributed by atoms with Crippen LogP contribution in [0.4, 0.5) is 4.79 Å². The third-order valence-corrected chi connectivity index (χ3v) is 4.67. The Morgan fingerprint density at radius 1 is 1.35 bits per heavy atom. The fraction of sp³-hybridized carbons (Fsp3) is 0.571. The zero-order valence-corrected chi connectivity index (χ0v) is 14.9. The first-order valence-electron chi connectivity index (χ1n) is 7.74. The number of aliphatic carboxylic acids is 1. The quantitative estimate of drug-likeness (QED) is 0.252. The Labute approximate surface area is 153 Å². The Bertz CT molecular complexity index is 637. The summed E-state index contributed by atoms with van der Waals surface area (Å²) in [5.41, 5.74) is 11.0. The maximum absolute atomic E-state index is 12.0. The van der Waals surface area contributed by atoms with E-state index in [2.05, 4.69) is 15.6 Å². The van der Waals surface area contributed by atoms with E-state index in [-0.39, 0.29) is 12.8 Å². The first-order chi connectivity index (χ1) is 12.1. The van der Waals surface area contributed by atoms with E-state index in [0.717, 1.165) is 11.3 Å². The van der Waals surface area contributed by atoms with Crippen LogP contribution in [0.3, 0.4) is 0 Å². The van der Waals surface area contributed by atoms with Gasteiger partial charge in [-0.2, -0.15) is 0 Å². The lowest BCUT2D eigenvalue weighted by molar-refractivity contribution is -0.140. The number of aliphatic hydroxyl groups excluding tert-OH is 2. The van der Waals surface area contributed by atoms with Gasteiger partial charge in [-0.1, -0.05) is 0 Å². The van der Waals surface area contributed by atoms with E-state index in [1.54, 1.807) is 0 Å². The number of carboxylic acid groups (broad SMARTS) is 1. The van der Waals surface area contributed by atoms with Crippen LogP contribution >= 0.6 is 11.3 Å². The summed E-state index contributed by atoms with van der Waals surface area (Å²) < 4.78 is 0. The number of nitrogens with zero attached hydrogens (tertiary/aromatic N) is 1. The number of carbonyl (C=O) groups is 3. The van der Waals surface area contributed by atoms with Crippen molar-refractivity contribution < 1.29 is 29.7 Å². The van der Waals surface area contributed by atoms with Gasteiger partial charge in [-0.3, -0.25) is 4.79 Å². The largest absolute Gasteiger partial charge is 0.480 e. The number of carboxylic acids is 1. The standard InChI is InChI=1S/C14H23N5O6S/c1-6(21)11(16)9-4-17-12(26-9)7(2-3-10(15)22)18-14(25)19-8(5-20)13(23)24/h4,6-8,11,20-21H,2-3,5,16H2,1H3,(H2,15,22)(H,23,24)(H2,18,19,25). The van der Waals surface area contributed by atoms with Crippen LogP contribution < -0.4 is 22.1 Å². The first kappa shape index (κ1) is 21.8. The predicted octanol–water partition coefficient (Wildman–Crippen LogP) is -1.42. The molecule has 12 heteroatoms. The fourth-order valence-corrected chi connectivity index (χ4v) is 3.05. The number of hydrogen-bond acceptors (Lipinski definition) is 8. The zero-order chi connectivity index (χ0) is 19.9. The van der Waals surface area contributed by atoms with Gasteiger partial charge in [0.15, 0.2) is 6.04 Å². The van der Waals surface area contributed by atoms with E-state index in [4.69, 9.17) is 21.7 Å². The molecule has 4 unspecified atom stereocenters. The summed E-state index contributed by atoms with van der Waals surface area (Å²) in [6, 6.07) is -3.70. The van der Waals surface area contributed by atoms with Crippen LogP contribution in [0.2, 0.25) is 0 Å². The molecule has 0 fully saturated rings. The molecule has 1 aromatic rings. The van der Waals surface area contributed by atoms with Crippen LogP contribution in [0, 0.1) is 0 Å². The highest BCUT2D eigenvalue weighted by Gasteiger charge is 2.24. The molecule has 0 bridgehead atoms. The van der Waals surface area contributed by atoms with Gasteiger partial charge in [-0.15, -0.1) is 11.3 Å². The molecule has 26 heavy (non-hydrogen) atoms. The lowest BCUT2D eigenvalue weighted by atomic mass is 10.1. The zero-order valence-electron chi connectivity index (χ0n) is 14.1. The van der Waals surface area contributed by atoms with E-state index in [1.807, 2.05) is 0 Å². The lowest BCUT2D eigenvalue weighted by Crippen LogP contribution is -2.48. The van der Waals surface area contributed by atoms with Crippen molar-refractivity contribution in [3.8, 4) is 0 Å². The van der Waals surface area contributed by atoms with Crippen molar-refractivity contribution in [2.45, 2.75) is 44.0 Å². The van der Waals surface area contributed by atoms with Crippen molar-refractivity contribution in [1.29, 1.82) is 0 Å². The van der Waals surface area contributed by atoms with E-state index >= 15 is 0 Å². The smallest absolute Gasteiger partial charge is 0.328 e. The highest BCUT2D eigenvalue weighted by Crippen LogP contribution is 2.28. The Balaban J connectivity index is 2.89. The average molecular weight is 389 g/mol. The minimum absolute atomic E-state index is 0.0370. The molecule has 0 saturated carbocycles. The SMILES string of the molecule is CC(O)C(N)c1cnc(C(CCC(N)=O)NC(=O)NC(CO)C(=O)O)s1. The lowest BCUT2D eigenvalue weighted by Gasteiger charge is -2.18. The van der Waals surface area contributed by atoms with Gasteiger partial charge in [-0.05, 0) is 13.3 Å². The highest BCUT2D eigenvalue weighted by atomic mass is 32.1. The number of urea groups is 1. The second-order valence-electron chi connectivity index (χ2n) is 5.62. The number of thiazole rings is 1. The maximum Gasteiger partial charge on any atom is 0.328 e. The number of rotatable bonds is 10. The van der Waals surface area contributed by atoms with Crippen LogP contribution in [0.25, 0.3) is 0 Å². The van der Waals surface area contributed by atoms with Gasteiger partial charge in [-0.25, -0.2) is 14.6 Å². The van der Waals surface area contributed by atoms with Crippen molar-refractivity contribution in [1.82, 2.24) is 15.6 Å². The van der Waals surface area contributed by atoms with Crippen LogP contribution in [0.15, 0.2) is 6.20 Å². The third-order valence-electron chi connectivity index (χ3n) is 3.46. The molecule has 4 atom stereocenters. The monoisotopic (exact) mass is 389 g/mol. The number of carbonyl (C=O) groups excluding carboxylic acids is 2. The van der Waals surface area contributed by atoms with Crippen LogP contribution in [0.5, 0.6) is 0 Å². The molecule has 0 aromatic carbocycles. The van der Waals surface area contributed by atoms with Crippen LogP contribution in [-0.4, -0.2) is 57.0 Å². The van der Waals surface area contributed by atoms with Gasteiger partial charge in [0.05, 0.1) is 24.8 Å². The summed E-state index contributed by atoms with van der Waals surface area (Å²) in [5.74, 6) is -1.97. The number of aliphatic hydroxyl groups is 2. The molecule has 146 valence electrons. The minimum Gasteiger partial charge on any atom is -0.480 e. The number of amides is 3. The molecule has 0 aliphatic rings. The number of hydrogen-bond donors (Lipinski definition) is 7. The van der Waals surface area contributed by atoms with Gasteiger partial charge in [0.25, 0.3) is 0 Å². The molecule has 3 amide bonds. The minimum atomic E-state index is -1.47. The van der Waals surface area contributed by atoms with E-state index in [0.29, 0.717) is 9.88 Å². The average Bonchev–Trinajstić information content (AvgIpc) is 3.04. The number of nitrogens with one attached hydrogen (secondary N) is 2. The second kappa shape index (κ2) is 10.0. The van der Waals surface area contributed by atoms with Crippen molar-refractivity contribution >= 4 is 29.2 Å². The summed E-state index contributed by atoms with van der Waals surface area (Å²) in [5, 5.41) is 32.4. The maximum atomic E-state index is 12.0. The fourth-order valence-electron chi connectivity index (χ4n) is 1.94. The third kappa shape index (κ3) is 6.55. The molecule has 0 aliphatic heterocycles. The Morgan fingerprint density at radius 2 is 2.00 bits per heavy atom. The van der Waals surface area contributed by atoms with Crippen LogP contribution in [0.1, 0.15) is 41.7 Å². The Hall–Kier alpha value is -2.28. The Kier molecular flexibility index (Phi) is 8.38. The van der Waals surface area contributed by atoms with Gasteiger partial charge in [0, 0.05) is 17.5 Å². The van der Waals surface area contributed by atoms with Crippen molar-refractivity contribution in [2.24, 2.45) is 11.5 Å². The predicted molar refractivity (Wildman–Crippen MR) is 92.1 cm³/mol. The van der Waals surface area contributed by atoms with Gasteiger partial charge >= 0.3 is 12.0 Å². The molecular formula is C14H23N5O6S. The van der Waals surface area contributed by atoms with Crippen molar-refractivity contribution in [2.75, 3.05) is 6.61 Å². The van der Waals surface area contributed by atoms with Gasteiger partial charge < -0.3 is 37.4 Å². The topological polar surface area (TPSA) is 201 Å². The van der Waals surface area contributed by atoms with Crippen LogP contribution in [-0.2, 0) is 9.59 Å². The summed E-state index contributed by atoms with van der Waals surface area (Å²) >= 11 is 1.15. The highest BCUT2D eigenvalue weighted by molar-refractivity contribution is 7.11. The molecule has 9 N–H and O–H groups in total. The first-order valence-corrected chi connectivity index (χ1v) is 8.55. The van der Waals surface area contributed by atoms with Crippen molar-refractivity contribution in [3.05, 3.63) is 16.1 Å². The molecule has 1 heterocycles. The summed E-state index contributed by atoms with van der Waals surface area (Å²) in [4.78, 5) is 38.6. The molecule has 1 aromatic heterocycles. The van der Waals surface area contributed by atoms with E-state index in [1.165, 1.54) is 13.1 Å². The van der Waals surface area contributed by atoms with Gasteiger partial charge in [0.1, 0.15) is 5.01 Å². The molecular weight excluding hydrogens is 366 g/mol.